The smallest absolute Gasteiger partial charge is 0.245 e. The molecule has 1 amide bonds. The van der Waals surface area contributed by atoms with Crippen LogP contribution in [0.4, 0.5) is 5.69 Å². The Kier molecular flexibility index (Phi) is 9.22. The molecule has 1 unspecified atom stereocenters. The van der Waals surface area contributed by atoms with Gasteiger partial charge in [-0.25, -0.2) is 0 Å². The van der Waals surface area contributed by atoms with Crippen LogP contribution in [0.15, 0.2) is 77.9 Å². The first-order valence-corrected chi connectivity index (χ1v) is 13.6. The number of halogens is 4. The highest BCUT2D eigenvalue weighted by atomic mass is 35.5. The van der Waals surface area contributed by atoms with Crippen molar-refractivity contribution in [1.82, 2.24) is 4.90 Å². The van der Waals surface area contributed by atoms with Crippen molar-refractivity contribution in [3.05, 3.63) is 109 Å². The summed E-state index contributed by atoms with van der Waals surface area (Å²) in [4.78, 5) is 29.2. The van der Waals surface area contributed by atoms with Crippen LogP contribution in [-0.2, 0) is 9.59 Å². The van der Waals surface area contributed by atoms with Crippen LogP contribution >= 0.6 is 46.4 Å². The van der Waals surface area contributed by atoms with Crippen molar-refractivity contribution >= 4 is 75.9 Å². The summed E-state index contributed by atoms with van der Waals surface area (Å²) < 4.78 is 0. The number of nitrogens with zero attached hydrogens (tertiary/aromatic N) is 1. The van der Waals surface area contributed by atoms with E-state index in [1.165, 1.54) is 0 Å². The first-order valence-electron chi connectivity index (χ1n) is 12.1. The standard InChI is InChI=1S/C30H26Cl4N2O2/c1-18(2)28(35-23-6-4-3-5-7-23)30(38)36-16-21(12-19-8-10-24(31)26(33)14-19)29(37)22(17-36)13-20-9-11-25(32)27(34)15-20/h3-15,18,28,35H,16-17H2,1-2H3/b21-12+,22-13+. The summed E-state index contributed by atoms with van der Waals surface area (Å²) >= 11 is 24.6. The van der Waals surface area contributed by atoms with E-state index in [-0.39, 0.29) is 30.7 Å². The van der Waals surface area contributed by atoms with E-state index in [1.54, 1.807) is 53.5 Å². The van der Waals surface area contributed by atoms with E-state index >= 15 is 0 Å². The maximum atomic E-state index is 13.9. The van der Waals surface area contributed by atoms with Gasteiger partial charge in [-0.1, -0.05) is 90.6 Å². The van der Waals surface area contributed by atoms with Gasteiger partial charge in [0.2, 0.25) is 5.91 Å². The second-order valence-corrected chi connectivity index (χ2v) is 11.1. The van der Waals surface area contributed by atoms with E-state index < -0.39 is 6.04 Å². The average Bonchev–Trinajstić information content (AvgIpc) is 2.89. The molecule has 1 heterocycles. The molecule has 1 fully saturated rings. The molecule has 0 spiro atoms. The van der Waals surface area contributed by atoms with Crippen LogP contribution in [0.25, 0.3) is 12.2 Å². The SMILES string of the molecule is CC(C)C(Nc1ccccc1)C(=O)N1C/C(=C\c2ccc(Cl)c(Cl)c2)C(=O)/C(=C/c2ccc(Cl)c(Cl)c2)C1. The molecule has 0 bridgehead atoms. The number of nitrogens with one attached hydrogen (secondary N) is 1. The fraction of sp³-hybridized carbons (Fsp3) is 0.200. The Morgan fingerprint density at radius 3 is 1.74 bits per heavy atom. The van der Waals surface area contributed by atoms with Crippen LogP contribution in [0.2, 0.25) is 20.1 Å². The molecule has 38 heavy (non-hydrogen) atoms. The lowest BCUT2D eigenvalue weighted by atomic mass is 9.92. The van der Waals surface area contributed by atoms with E-state index in [2.05, 4.69) is 5.32 Å². The van der Waals surface area contributed by atoms with Crippen molar-refractivity contribution in [3.63, 3.8) is 0 Å². The zero-order valence-electron chi connectivity index (χ0n) is 20.9. The Morgan fingerprint density at radius 1 is 0.789 bits per heavy atom. The molecule has 196 valence electrons. The minimum Gasteiger partial charge on any atom is -0.373 e. The number of anilines is 1. The van der Waals surface area contributed by atoms with Crippen LogP contribution in [0.5, 0.6) is 0 Å². The molecule has 3 aromatic carbocycles. The van der Waals surface area contributed by atoms with Gasteiger partial charge < -0.3 is 10.2 Å². The predicted molar refractivity (Wildman–Crippen MR) is 159 cm³/mol. The maximum absolute atomic E-state index is 13.9. The van der Waals surface area contributed by atoms with Gasteiger partial charge in [-0.05, 0) is 65.6 Å². The van der Waals surface area contributed by atoms with E-state index in [0.29, 0.717) is 42.4 Å². The van der Waals surface area contributed by atoms with Crippen molar-refractivity contribution in [2.45, 2.75) is 19.9 Å². The number of rotatable bonds is 6. The normalized spacial score (nSPS) is 16.8. The Hall–Kier alpha value is -2.76. The summed E-state index contributed by atoms with van der Waals surface area (Å²) in [6.07, 6.45) is 3.50. The van der Waals surface area contributed by atoms with E-state index in [0.717, 1.165) is 5.69 Å². The monoisotopic (exact) mass is 586 g/mol. The second kappa shape index (κ2) is 12.4. The number of hydrogen-bond donors (Lipinski definition) is 1. The minimum absolute atomic E-state index is 0.00494. The molecular formula is C30H26Cl4N2O2. The number of amides is 1. The van der Waals surface area contributed by atoms with Crippen molar-refractivity contribution in [2.24, 2.45) is 5.92 Å². The van der Waals surface area contributed by atoms with Crippen molar-refractivity contribution < 1.29 is 9.59 Å². The Morgan fingerprint density at radius 2 is 1.29 bits per heavy atom. The van der Waals surface area contributed by atoms with Gasteiger partial charge >= 0.3 is 0 Å². The summed E-state index contributed by atoms with van der Waals surface area (Å²) in [5.41, 5.74) is 3.22. The number of likely N-dealkylation sites (tertiary alicyclic amines) is 1. The van der Waals surface area contributed by atoms with Crippen LogP contribution in [0.3, 0.4) is 0 Å². The van der Waals surface area contributed by atoms with Gasteiger partial charge in [0.05, 0.1) is 20.1 Å². The fourth-order valence-electron chi connectivity index (χ4n) is 4.23. The van der Waals surface area contributed by atoms with Gasteiger partial charge in [0.15, 0.2) is 5.78 Å². The molecule has 1 atom stereocenters. The predicted octanol–water partition coefficient (Wildman–Crippen LogP) is 8.32. The maximum Gasteiger partial charge on any atom is 0.245 e. The van der Waals surface area contributed by atoms with E-state index in [1.807, 2.05) is 44.2 Å². The molecule has 0 radical (unpaired) electrons. The van der Waals surface area contributed by atoms with Crippen molar-refractivity contribution in [1.29, 1.82) is 0 Å². The lowest BCUT2D eigenvalue weighted by molar-refractivity contribution is -0.133. The molecule has 4 rings (SSSR count). The van der Waals surface area contributed by atoms with E-state index in [4.69, 9.17) is 46.4 Å². The Labute approximate surface area is 242 Å². The Balaban J connectivity index is 1.72. The number of piperidine rings is 1. The molecule has 8 heteroatoms. The second-order valence-electron chi connectivity index (χ2n) is 9.44. The van der Waals surface area contributed by atoms with Gasteiger partial charge in [-0.3, -0.25) is 9.59 Å². The highest BCUT2D eigenvalue weighted by molar-refractivity contribution is 6.42. The summed E-state index contributed by atoms with van der Waals surface area (Å²) in [6.45, 7) is 4.31. The van der Waals surface area contributed by atoms with Gasteiger partial charge in [-0.15, -0.1) is 0 Å². The summed E-state index contributed by atoms with van der Waals surface area (Å²) in [7, 11) is 0. The van der Waals surface area contributed by atoms with Crippen LogP contribution in [0, 0.1) is 5.92 Å². The number of carbonyl (C=O) groups excluding carboxylic acids is 2. The number of Topliss-reactive ketones (excluding diaryl/α,β-unsaturated/α-hetero) is 1. The van der Waals surface area contributed by atoms with Gasteiger partial charge in [0, 0.05) is 29.9 Å². The van der Waals surface area contributed by atoms with Crippen LogP contribution in [0.1, 0.15) is 25.0 Å². The molecule has 0 aliphatic carbocycles. The first kappa shape index (κ1) is 28.3. The third-order valence-corrected chi connectivity index (χ3v) is 7.69. The third kappa shape index (κ3) is 6.81. The minimum atomic E-state index is -0.483. The molecule has 3 aromatic rings. The molecule has 1 N–H and O–H groups in total. The quantitative estimate of drug-likeness (QED) is 0.295. The highest BCUT2D eigenvalue weighted by Crippen LogP contribution is 2.29. The fourth-order valence-corrected chi connectivity index (χ4v) is 4.84. The van der Waals surface area contributed by atoms with Crippen molar-refractivity contribution in [2.75, 3.05) is 18.4 Å². The summed E-state index contributed by atoms with van der Waals surface area (Å²) in [6, 6.07) is 19.4. The topological polar surface area (TPSA) is 49.4 Å². The highest BCUT2D eigenvalue weighted by Gasteiger charge is 2.34. The molecule has 1 aliphatic heterocycles. The largest absolute Gasteiger partial charge is 0.373 e. The molecule has 0 saturated carbocycles. The lowest BCUT2D eigenvalue weighted by Gasteiger charge is -2.34. The summed E-state index contributed by atoms with van der Waals surface area (Å²) in [5, 5.41) is 4.98. The van der Waals surface area contributed by atoms with Gasteiger partial charge in [0.1, 0.15) is 6.04 Å². The van der Waals surface area contributed by atoms with Crippen LogP contribution < -0.4 is 5.32 Å². The average molecular weight is 588 g/mol. The van der Waals surface area contributed by atoms with Gasteiger partial charge in [0.25, 0.3) is 0 Å². The molecule has 1 aliphatic rings. The first-order chi connectivity index (χ1) is 18.1. The zero-order chi connectivity index (χ0) is 27.4. The third-order valence-electron chi connectivity index (χ3n) is 6.22. The number of benzene rings is 3. The molecule has 1 saturated heterocycles. The summed E-state index contributed by atoms with van der Waals surface area (Å²) in [5.74, 6) is -0.245. The zero-order valence-corrected chi connectivity index (χ0v) is 23.9. The number of para-hydroxylation sites is 1. The van der Waals surface area contributed by atoms with Gasteiger partial charge in [-0.2, -0.15) is 0 Å². The molecular weight excluding hydrogens is 562 g/mol. The van der Waals surface area contributed by atoms with E-state index in [9.17, 15) is 9.59 Å². The number of hydrogen-bond acceptors (Lipinski definition) is 3. The number of carbonyl (C=O) groups is 2. The van der Waals surface area contributed by atoms with Crippen LogP contribution in [-0.4, -0.2) is 35.7 Å². The van der Waals surface area contributed by atoms with Crippen molar-refractivity contribution in [3.8, 4) is 0 Å². The Bertz CT molecular complexity index is 1340. The number of ketones is 1. The molecule has 0 aromatic heterocycles. The molecule has 4 nitrogen and oxygen atoms in total. The lowest BCUT2D eigenvalue weighted by Crippen LogP contribution is -2.50.